The quantitative estimate of drug-likeness (QED) is 0.568. The molecule has 4 heteroatoms. The summed E-state index contributed by atoms with van der Waals surface area (Å²) in [7, 11) is 0. The first kappa shape index (κ1) is 16.8. The zero-order valence-corrected chi connectivity index (χ0v) is 12.7. The SMILES string of the molecule is CC(C)CCOC(=O)C=Cc1ccc(OC(C)C#N)cc1. The summed E-state index contributed by atoms with van der Waals surface area (Å²) in [5, 5.41) is 8.66. The van der Waals surface area contributed by atoms with E-state index in [1.807, 2.05) is 18.2 Å². The van der Waals surface area contributed by atoms with Gasteiger partial charge in [0.2, 0.25) is 0 Å². The van der Waals surface area contributed by atoms with Crippen molar-refractivity contribution in [3.05, 3.63) is 35.9 Å². The molecule has 4 nitrogen and oxygen atoms in total. The first-order valence-electron chi connectivity index (χ1n) is 7.02. The van der Waals surface area contributed by atoms with Crippen LogP contribution >= 0.6 is 0 Å². The largest absolute Gasteiger partial charge is 0.476 e. The second kappa shape index (κ2) is 8.80. The number of hydrogen-bond acceptors (Lipinski definition) is 4. The van der Waals surface area contributed by atoms with Crippen LogP contribution in [0.1, 0.15) is 32.8 Å². The maximum atomic E-state index is 11.5. The number of carbonyl (C=O) groups excluding carboxylic acids is 1. The Balaban J connectivity index is 2.46. The van der Waals surface area contributed by atoms with Crippen molar-refractivity contribution in [3.63, 3.8) is 0 Å². The minimum atomic E-state index is -0.484. The van der Waals surface area contributed by atoms with Gasteiger partial charge in [-0.15, -0.1) is 0 Å². The van der Waals surface area contributed by atoms with Crippen LogP contribution in [0.4, 0.5) is 0 Å². The molecule has 21 heavy (non-hydrogen) atoms. The maximum absolute atomic E-state index is 11.5. The van der Waals surface area contributed by atoms with Crippen molar-refractivity contribution in [2.75, 3.05) is 6.61 Å². The van der Waals surface area contributed by atoms with Gasteiger partial charge < -0.3 is 9.47 Å². The second-order valence-corrected chi connectivity index (χ2v) is 5.14. The topological polar surface area (TPSA) is 59.3 Å². The fourth-order valence-corrected chi connectivity index (χ4v) is 1.50. The molecule has 1 aromatic carbocycles. The summed E-state index contributed by atoms with van der Waals surface area (Å²) >= 11 is 0. The van der Waals surface area contributed by atoms with Crippen molar-refractivity contribution in [2.24, 2.45) is 5.92 Å². The Morgan fingerprint density at radius 3 is 2.52 bits per heavy atom. The van der Waals surface area contributed by atoms with Crippen molar-refractivity contribution < 1.29 is 14.3 Å². The summed E-state index contributed by atoms with van der Waals surface area (Å²) in [5.41, 5.74) is 0.868. The number of esters is 1. The maximum Gasteiger partial charge on any atom is 0.330 e. The van der Waals surface area contributed by atoms with Gasteiger partial charge in [0, 0.05) is 6.08 Å². The number of rotatable bonds is 7. The van der Waals surface area contributed by atoms with E-state index in [0.29, 0.717) is 18.3 Å². The summed E-state index contributed by atoms with van der Waals surface area (Å²) in [6, 6.07) is 9.15. The van der Waals surface area contributed by atoms with Crippen LogP contribution in [0.2, 0.25) is 0 Å². The van der Waals surface area contributed by atoms with Crippen molar-refractivity contribution in [2.45, 2.75) is 33.3 Å². The monoisotopic (exact) mass is 287 g/mol. The molecule has 0 radical (unpaired) electrons. The summed E-state index contributed by atoms with van der Waals surface area (Å²) in [6.07, 6.45) is 3.48. The van der Waals surface area contributed by atoms with Gasteiger partial charge in [-0.1, -0.05) is 26.0 Å². The van der Waals surface area contributed by atoms with E-state index in [4.69, 9.17) is 14.7 Å². The predicted octanol–water partition coefficient (Wildman–Crippen LogP) is 3.58. The van der Waals surface area contributed by atoms with Crippen LogP contribution in [0.25, 0.3) is 6.08 Å². The van der Waals surface area contributed by atoms with Crippen molar-refractivity contribution >= 4 is 12.0 Å². The van der Waals surface area contributed by atoms with E-state index in [9.17, 15) is 4.79 Å². The molecule has 0 fully saturated rings. The van der Waals surface area contributed by atoms with Crippen LogP contribution in [0, 0.1) is 17.2 Å². The highest BCUT2D eigenvalue weighted by molar-refractivity contribution is 5.87. The standard InChI is InChI=1S/C17H21NO3/c1-13(2)10-11-20-17(19)9-6-15-4-7-16(8-5-15)21-14(3)12-18/h4-9,13-14H,10-11H2,1-3H3. The molecule has 1 unspecified atom stereocenters. The first-order valence-corrected chi connectivity index (χ1v) is 7.02. The van der Waals surface area contributed by atoms with Gasteiger partial charge in [0.05, 0.1) is 6.61 Å². The molecule has 0 aliphatic heterocycles. The molecule has 0 aromatic heterocycles. The Bertz CT molecular complexity index is 512. The van der Waals surface area contributed by atoms with Gasteiger partial charge in [-0.3, -0.25) is 0 Å². The van der Waals surface area contributed by atoms with E-state index in [1.165, 1.54) is 6.08 Å². The average molecular weight is 287 g/mol. The smallest absolute Gasteiger partial charge is 0.330 e. The Hall–Kier alpha value is -2.28. The van der Waals surface area contributed by atoms with Gasteiger partial charge >= 0.3 is 5.97 Å². The van der Waals surface area contributed by atoms with Gasteiger partial charge in [0.1, 0.15) is 11.8 Å². The minimum Gasteiger partial charge on any atom is -0.476 e. The molecule has 1 aromatic rings. The highest BCUT2D eigenvalue weighted by atomic mass is 16.5. The Labute approximate surface area is 126 Å². The van der Waals surface area contributed by atoms with E-state index in [-0.39, 0.29) is 5.97 Å². The van der Waals surface area contributed by atoms with E-state index in [1.54, 1.807) is 25.1 Å². The van der Waals surface area contributed by atoms with Gasteiger partial charge in [0.15, 0.2) is 6.10 Å². The van der Waals surface area contributed by atoms with Crippen LogP contribution in [0.3, 0.4) is 0 Å². The fraction of sp³-hybridized carbons (Fsp3) is 0.412. The lowest BCUT2D eigenvalue weighted by Gasteiger charge is -2.07. The van der Waals surface area contributed by atoms with Gasteiger partial charge in [-0.05, 0) is 43.0 Å². The zero-order valence-electron chi connectivity index (χ0n) is 12.7. The molecule has 112 valence electrons. The van der Waals surface area contributed by atoms with Crippen LogP contribution in [-0.4, -0.2) is 18.7 Å². The van der Waals surface area contributed by atoms with Crippen molar-refractivity contribution in [3.8, 4) is 11.8 Å². The molecule has 0 saturated heterocycles. The van der Waals surface area contributed by atoms with Crippen LogP contribution in [-0.2, 0) is 9.53 Å². The number of ether oxygens (including phenoxy) is 2. The molecule has 0 aliphatic rings. The Morgan fingerprint density at radius 2 is 1.95 bits per heavy atom. The van der Waals surface area contributed by atoms with E-state index >= 15 is 0 Å². The highest BCUT2D eigenvalue weighted by Crippen LogP contribution is 2.14. The highest BCUT2D eigenvalue weighted by Gasteiger charge is 2.01. The Morgan fingerprint density at radius 1 is 1.29 bits per heavy atom. The molecule has 0 amide bonds. The molecule has 0 saturated carbocycles. The average Bonchev–Trinajstić information content (AvgIpc) is 2.46. The molecular formula is C17H21NO3. The van der Waals surface area contributed by atoms with E-state index in [2.05, 4.69) is 13.8 Å². The van der Waals surface area contributed by atoms with Crippen LogP contribution in [0.15, 0.2) is 30.3 Å². The zero-order chi connectivity index (χ0) is 15.7. The molecule has 0 bridgehead atoms. The summed E-state index contributed by atoms with van der Waals surface area (Å²) < 4.78 is 10.4. The van der Waals surface area contributed by atoms with Crippen molar-refractivity contribution in [1.29, 1.82) is 5.26 Å². The number of nitriles is 1. The number of nitrogens with zero attached hydrogens (tertiary/aromatic N) is 1. The molecule has 0 N–H and O–H groups in total. The molecular weight excluding hydrogens is 266 g/mol. The Kier molecular flexibility index (Phi) is 7.03. The normalized spacial score (nSPS) is 12.1. The molecule has 1 rings (SSSR count). The van der Waals surface area contributed by atoms with Gasteiger partial charge in [-0.25, -0.2) is 4.79 Å². The summed E-state index contributed by atoms with van der Waals surface area (Å²) in [5.74, 6) is 0.805. The number of benzene rings is 1. The summed E-state index contributed by atoms with van der Waals surface area (Å²) in [6.45, 7) is 6.29. The van der Waals surface area contributed by atoms with Gasteiger partial charge in [0.25, 0.3) is 0 Å². The number of carbonyl (C=O) groups is 1. The second-order valence-electron chi connectivity index (χ2n) is 5.14. The third-order valence-electron chi connectivity index (χ3n) is 2.73. The van der Waals surface area contributed by atoms with Crippen LogP contribution < -0.4 is 4.74 Å². The third-order valence-corrected chi connectivity index (χ3v) is 2.73. The molecule has 0 spiro atoms. The molecule has 0 heterocycles. The van der Waals surface area contributed by atoms with Crippen molar-refractivity contribution in [1.82, 2.24) is 0 Å². The first-order chi connectivity index (χ1) is 10.0. The molecule has 0 aliphatic carbocycles. The van der Waals surface area contributed by atoms with E-state index in [0.717, 1.165) is 12.0 Å². The predicted molar refractivity (Wildman–Crippen MR) is 81.6 cm³/mol. The lowest BCUT2D eigenvalue weighted by Crippen LogP contribution is -2.07. The third kappa shape index (κ3) is 7.17. The van der Waals surface area contributed by atoms with E-state index < -0.39 is 6.10 Å². The lowest BCUT2D eigenvalue weighted by molar-refractivity contribution is -0.137. The molecule has 1 atom stereocenters. The summed E-state index contributed by atoms with van der Waals surface area (Å²) in [4.78, 5) is 11.5. The minimum absolute atomic E-state index is 0.339. The van der Waals surface area contributed by atoms with Gasteiger partial charge in [-0.2, -0.15) is 5.26 Å². The fourth-order valence-electron chi connectivity index (χ4n) is 1.50. The number of hydrogen-bond donors (Lipinski definition) is 0. The van der Waals surface area contributed by atoms with Crippen LogP contribution in [0.5, 0.6) is 5.75 Å². The lowest BCUT2D eigenvalue weighted by atomic mass is 10.1.